The molecule has 0 aliphatic carbocycles. The fraction of sp³-hybridized carbons (Fsp3) is 0.333. The Balaban J connectivity index is 1.66. The van der Waals surface area contributed by atoms with Crippen LogP contribution in [-0.2, 0) is 4.79 Å². The second kappa shape index (κ2) is 6.30. The molecule has 0 radical (unpaired) electrons. The van der Waals surface area contributed by atoms with Crippen molar-refractivity contribution in [3.63, 3.8) is 0 Å². The standard InChI is InChI=1S/C15H16BrN3O2/c16-13-10-19(12-6-2-1-3-7-12)17-15(13)21-11-14(20)18-8-4-5-9-18/h1-3,6-7,10H,4-5,8-9,11H2. The van der Waals surface area contributed by atoms with E-state index in [1.807, 2.05) is 41.4 Å². The number of ether oxygens (including phenoxy) is 1. The molecule has 21 heavy (non-hydrogen) atoms. The van der Waals surface area contributed by atoms with E-state index in [9.17, 15) is 4.79 Å². The minimum absolute atomic E-state index is 0.0219. The Morgan fingerprint density at radius 1 is 1.24 bits per heavy atom. The smallest absolute Gasteiger partial charge is 0.260 e. The molecule has 6 heteroatoms. The van der Waals surface area contributed by atoms with Gasteiger partial charge in [-0.25, -0.2) is 4.68 Å². The molecular weight excluding hydrogens is 334 g/mol. The normalized spacial score (nSPS) is 14.4. The Bertz CT molecular complexity index is 621. The molecule has 0 N–H and O–H groups in total. The first kappa shape index (κ1) is 14.1. The zero-order valence-corrected chi connectivity index (χ0v) is 13.1. The summed E-state index contributed by atoms with van der Waals surface area (Å²) in [7, 11) is 0. The fourth-order valence-corrected chi connectivity index (χ4v) is 2.72. The van der Waals surface area contributed by atoms with Crippen molar-refractivity contribution in [1.82, 2.24) is 14.7 Å². The minimum Gasteiger partial charge on any atom is -0.466 e. The molecular formula is C15H16BrN3O2. The topological polar surface area (TPSA) is 47.4 Å². The number of hydrogen-bond donors (Lipinski definition) is 0. The molecule has 1 aromatic heterocycles. The van der Waals surface area contributed by atoms with E-state index in [2.05, 4.69) is 21.0 Å². The molecule has 2 heterocycles. The number of rotatable bonds is 4. The Morgan fingerprint density at radius 2 is 1.95 bits per heavy atom. The quantitative estimate of drug-likeness (QED) is 0.852. The molecule has 1 saturated heterocycles. The highest BCUT2D eigenvalue weighted by atomic mass is 79.9. The summed E-state index contributed by atoms with van der Waals surface area (Å²) in [6.07, 6.45) is 3.99. The Labute approximate surface area is 131 Å². The third-order valence-corrected chi connectivity index (χ3v) is 3.99. The van der Waals surface area contributed by atoms with Gasteiger partial charge >= 0.3 is 0 Å². The molecule has 0 bridgehead atoms. The van der Waals surface area contributed by atoms with Crippen LogP contribution in [0.3, 0.4) is 0 Å². The fourth-order valence-electron chi connectivity index (χ4n) is 2.34. The Morgan fingerprint density at radius 3 is 2.67 bits per heavy atom. The molecule has 0 spiro atoms. The van der Waals surface area contributed by atoms with Crippen LogP contribution >= 0.6 is 15.9 Å². The predicted octanol–water partition coefficient (Wildman–Crippen LogP) is 2.64. The zero-order valence-electron chi connectivity index (χ0n) is 11.5. The van der Waals surface area contributed by atoms with Gasteiger partial charge in [0.1, 0.15) is 0 Å². The first-order chi connectivity index (χ1) is 10.2. The summed E-state index contributed by atoms with van der Waals surface area (Å²) in [4.78, 5) is 13.8. The number of nitrogens with zero attached hydrogens (tertiary/aromatic N) is 3. The van der Waals surface area contributed by atoms with Crippen LogP contribution in [0.1, 0.15) is 12.8 Å². The summed E-state index contributed by atoms with van der Waals surface area (Å²) in [5.74, 6) is 0.458. The summed E-state index contributed by atoms with van der Waals surface area (Å²) in [6.45, 7) is 1.70. The zero-order chi connectivity index (χ0) is 14.7. The van der Waals surface area contributed by atoms with Crippen molar-refractivity contribution in [2.24, 2.45) is 0 Å². The van der Waals surface area contributed by atoms with Gasteiger partial charge in [0, 0.05) is 19.3 Å². The van der Waals surface area contributed by atoms with E-state index in [0.29, 0.717) is 5.88 Å². The molecule has 1 fully saturated rings. The maximum Gasteiger partial charge on any atom is 0.260 e. The van der Waals surface area contributed by atoms with Gasteiger partial charge in [0.05, 0.1) is 10.2 Å². The summed E-state index contributed by atoms with van der Waals surface area (Å²) in [5, 5.41) is 4.36. The van der Waals surface area contributed by atoms with Gasteiger partial charge in [-0.2, -0.15) is 0 Å². The summed E-state index contributed by atoms with van der Waals surface area (Å²) in [6, 6.07) is 9.76. The van der Waals surface area contributed by atoms with Crippen molar-refractivity contribution in [3.8, 4) is 11.6 Å². The highest BCUT2D eigenvalue weighted by molar-refractivity contribution is 9.10. The van der Waals surface area contributed by atoms with Crippen LogP contribution in [0.5, 0.6) is 5.88 Å². The summed E-state index contributed by atoms with van der Waals surface area (Å²) < 4.78 is 8.00. The van der Waals surface area contributed by atoms with Gasteiger partial charge in [-0.15, -0.1) is 5.10 Å². The van der Waals surface area contributed by atoms with Crippen LogP contribution in [0.2, 0.25) is 0 Å². The molecule has 5 nitrogen and oxygen atoms in total. The van der Waals surface area contributed by atoms with E-state index in [4.69, 9.17) is 4.74 Å². The molecule has 3 rings (SSSR count). The van der Waals surface area contributed by atoms with Crippen molar-refractivity contribution >= 4 is 21.8 Å². The third kappa shape index (κ3) is 3.26. The Kier molecular flexibility index (Phi) is 4.24. The second-order valence-corrected chi connectivity index (χ2v) is 5.79. The lowest BCUT2D eigenvalue weighted by atomic mass is 10.3. The highest BCUT2D eigenvalue weighted by Gasteiger charge is 2.19. The number of amides is 1. The third-order valence-electron chi connectivity index (χ3n) is 3.45. The average Bonchev–Trinajstić information content (AvgIpc) is 3.16. The molecule has 0 unspecified atom stereocenters. The van der Waals surface area contributed by atoms with E-state index >= 15 is 0 Å². The lowest BCUT2D eigenvalue weighted by molar-refractivity contribution is -0.132. The van der Waals surface area contributed by atoms with Crippen LogP contribution < -0.4 is 4.74 Å². The molecule has 1 aliphatic rings. The maximum absolute atomic E-state index is 12.0. The van der Waals surface area contributed by atoms with Crippen molar-refractivity contribution in [2.45, 2.75) is 12.8 Å². The highest BCUT2D eigenvalue weighted by Crippen LogP contribution is 2.24. The van der Waals surface area contributed by atoms with Gasteiger partial charge in [-0.1, -0.05) is 18.2 Å². The molecule has 0 atom stereocenters. The van der Waals surface area contributed by atoms with Crippen molar-refractivity contribution in [1.29, 1.82) is 0 Å². The van der Waals surface area contributed by atoms with Gasteiger partial charge in [-0.3, -0.25) is 4.79 Å². The van der Waals surface area contributed by atoms with Gasteiger partial charge in [0.25, 0.3) is 5.91 Å². The van der Waals surface area contributed by atoms with Gasteiger partial charge in [0.15, 0.2) is 6.61 Å². The molecule has 1 amide bonds. The number of benzene rings is 1. The predicted molar refractivity (Wildman–Crippen MR) is 82.6 cm³/mol. The van der Waals surface area contributed by atoms with Crippen LogP contribution in [0.25, 0.3) is 5.69 Å². The lowest BCUT2D eigenvalue weighted by Crippen LogP contribution is -2.32. The Hall–Kier alpha value is -1.82. The number of carbonyl (C=O) groups is 1. The van der Waals surface area contributed by atoms with E-state index in [-0.39, 0.29) is 12.5 Å². The molecule has 1 aliphatic heterocycles. The monoisotopic (exact) mass is 349 g/mol. The first-order valence-corrected chi connectivity index (χ1v) is 7.74. The van der Waals surface area contributed by atoms with E-state index in [1.165, 1.54) is 0 Å². The first-order valence-electron chi connectivity index (χ1n) is 6.95. The van der Waals surface area contributed by atoms with E-state index in [0.717, 1.165) is 36.1 Å². The summed E-state index contributed by atoms with van der Waals surface area (Å²) >= 11 is 3.41. The van der Waals surface area contributed by atoms with Crippen molar-refractivity contribution in [2.75, 3.05) is 19.7 Å². The SMILES string of the molecule is O=C(COc1nn(-c2ccccc2)cc1Br)N1CCCC1. The van der Waals surface area contributed by atoms with Gasteiger partial charge in [-0.05, 0) is 40.9 Å². The lowest BCUT2D eigenvalue weighted by Gasteiger charge is -2.14. The summed E-state index contributed by atoms with van der Waals surface area (Å²) in [5.41, 5.74) is 0.943. The number of para-hydroxylation sites is 1. The maximum atomic E-state index is 12.0. The van der Waals surface area contributed by atoms with Gasteiger partial charge < -0.3 is 9.64 Å². The number of aromatic nitrogens is 2. The van der Waals surface area contributed by atoms with Gasteiger partial charge in [0.2, 0.25) is 5.88 Å². The minimum atomic E-state index is 0.0219. The number of hydrogen-bond acceptors (Lipinski definition) is 3. The second-order valence-electron chi connectivity index (χ2n) is 4.94. The molecule has 1 aromatic carbocycles. The average molecular weight is 350 g/mol. The van der Waals surface area contributed by atoms with Crippen LogP contribution in [-0.4, -0.2) is 40.3 Å². The molecule has 0 saturated carbocycles. The van der Waals surface area contributed by atoms with E-state index in [1.54, 1.807) is 4.68 Å². The number of halogens is 1. The van der Waals surface area contributed by atoms with Crippen LogP contribution in [0.15, 0.2) is 41.0 Å². The number of likely N-dealkylation sites (tertiary alicyclic amines) is 1. The molecule has 110 valence electrons. The molecule has 2 aromatic rings. The van der Waals surface area contributed by atoms with Crippen LogP contribution in [0.4, 0.5) is 0 Å². The number of carbonyl (C=O) groups excluding carboxylic acids is 1. The van der Waals surface area contributed by atoms with Crippen molar-refractivity contribution in [3.05, 3.63) is 41.0 Å². The van der Waals surface area contributed by atoms with Crippen LogP contribution in [0, 0.1) is 0 Å². The largest absolute Gasteiger partial charge is 0.466 e. The van der Waals surface area contributed by atoms with Crippen molar-refractivity contribution < 1.29 is 9.53 Å². The van der Waals surface area contributed by atoms with E-state index < -0.39 is 0 Å².